The fourth-order valence-corrected chi connectivity index (χ4v) is 1.43. The second kappa shape index (κ2) is 5.01. The first-order chi connectivity index (χ1) is 8.15. The molecule has 17 heavy (non-hydrogen) atoms. The van der Waals surface area contributed by atoms with Gasteiger partial charge in [0, 0.05) is 4.47 Å². The van der Waals surface area contributed by atoms with E-state index in [4.69, 9.17) is 9.84 Å². The normalized spacial score (nSPS) is 10.2. The van der Waals surface area contributed by atoms with Gasteiger partial charge in [-0.3, -0.25) is 0 Å². The number of carbonyl (C=O) groups is 1. The van der Waals surface area contributed by atoms with Crippen LogP contribution in [0.25, 0.3) is 0 Å². The summed E-state index contributed by atoms with van der Waals surface area (Å²) in [6.45, 7) is 0.304. The van der Waals surface area contributed by atoms with Gasteiger partial charge < -0.3 is 14.4 Å². The predicted octanol–water partition coefficient (Wildman–Crippen LogP) is 2.71. The highest BCUT2D eigenvalue weighted by Gasteiger charge is 2.11. The highest BCUT2D eigenvalue weighted by atomic mass is 79.9. The van der Waals surface area contributed by atoms with Crippen LogP contribution in [0.1, 0.15) is 16.1 Å². The average Bonchev–Trinajstić information content (AvgIpc) is 2.77. The monoisotopic (exact) mass is 297 g/mol. The zero-order valence-corrected chi connectivity index (χ0v) is 10.2. The lowest BCUT2D eigenvalue weighted by molar-refractivity contribution is 0.0651. The largest absolute Gasteiger partial charge is 0.475 e. The number of halogens is 1. The Morgan fingerprint density at radius 3 is 2.71 bits per heavy atom. The van der Waals surface area contributed by atoms with Crippen molar-refractivity contribution in [2.24, 2.45) is 0 Å². The molecule has 1 heterocycles. The highest BCUT2D eigenvalue weighted by molar-refractivity contribution is 9.10. The molecule has 0 bridgehead atoms. The molecule has 1 N–H and O–H groups in total. The van der Waals surface area contributed by atoms with Gasteiger partial charge in [-0.05, 0) is 22.9 Å². The van der Waals surface area contributed by atoms with E-state index in [9.17, 15) is 4.79 Å². The van der Waals surface area contributed by atoms with E-state index in [0.29, 0.717) is 6.61 Å². The molecule has 0 aliphatic heterocycles. The van der Waals surface area contributed by atoms with Gasteiger partial charge in [-0.1, -0.05) is 28.1 Å². The van der Waals surface area contributed by atoms with Gasteiger partial charge in [0.05, 0.1) is 6.07 Å². The van der Waals surface area contributed by atoms with Crippen molar-refractivity contribution >= 4 is 21.9 Å². The molecule has 0 fully saturated rings. The van der Waals surface area contributed by atoms with Crippen LogP contribution >= 0.6 is 15.9 Å². The van der Waals surface area contributed by atoms with Crippen molar-refractivity contribution in [1.82, 2.24) is 5.16 Å². The molecule has 0 radical (unpaired) electrons. The molecule has 0 amide bonds. The van der Waals surface area contributed by atoms with Crippen LogP contribution in [0.4, 0.5) is 0 Å². The van der Waals surface area contributed by atoms with E-state index < -0.39 is 5.97 Å². The number of ether oxygens (including phenoxy) is 1. The maximum Gasteiger partial charge on any atom is 0.374 e. The minimum atomic E-state index is -1.17. The van der Waals surface area contributed by atoms with Crippen LogP contribution in [0, 0.1) is 0 Å². The summed E-state index contributed by atoms with van der Waals surface area (Å²) in [5.74, 6) is -1.25. The molecule has 2 aromatic rings. The van der Waals surface area contributed by atoms with Crippen LogP contribution in [0.3, 0.4) is 0 Å². The fourth-order valence-electron chi connectivity index (χ4n) is 1.17. The fraction of sp³-hybridized carbons (Fsp3) is 0.0909. The Morgan fingerprint density at radius 2 is 2.12 bits per heavy atom. The molecule has 0 aliphatic carbocycles. The van der Waals surface area contributed by atoms with Gasteiger partial charge >= 0.3 is 5.97 Å². The van der Waals surface area contributed by atoms with Crippen LogP contribution in [0.2, 0.25) is 0 Å². The number of hydrogen-bond donors (Lipinski definition) is 1. The molecular weight excluding hydrogens is 290 g/mol. The van der Waals surface area contributed by atoms with Crippen molar-refractivity contribution in [1.29, 1.82) is 0 Å². The topological polar surface area (TPSA) is 72.6 Å². The van der Waals surface area contributed by atoms with Gasteiger partial charge in [-0.2, -0.15) is 0 Å². The first-order valence-corrected chi connectivity index (χ1v) is 5.52. The molecule has 6 heteroatoms. The Balaban J connectivity index is 1.97. The molecule has 0 saturated heterocycles. The van der Waals surface area contributed by atoms with Gasteiger partial charge in [0.25, 0.3) is 5.88 Å². The van der Waals surface area contributed by atoms with Crippen molar-refractivity contribution < 1.29 is 19.2 Å². The lowest BCUT2D eigenvalue weighted by atomic mass is 10.2. The number of aromatic carboxylic acids is 1. The third kappa shape index (κ3) is 3.07. The summed E-state index contributed by atoms with van der Waals surface area (Å²) in [5.41, 5.74) is 0.952. The van der Waals surface area contributed by atoms with E-state index in [1.807, 2.05) is 24.3 Å². The first-order valence-electron chi connectivity index (χ1n) is 4.72. The first kappa shape index (κ1) is 11.7. The summed E-state index contributed by atoms with van der Waals surface area (Å²) in [6, 6.07) is 8.81. The molecule has 0 atom stereocenters. The van der Waals surface area contributed by atoms with E-state index in [1.165, 1.54) is 6.07 Å². The molecule has 0 aliphatic rings. The SMILES string of the molecule is O=C(O)c1cc(OCc2ccc(Br)cc2)no1. The van der Waals surface area contributed by atoms with Crippen molar-refractivity contribution in [3.8, 4) is 5.88 Å². The molecule has 0 spiro atoms. The van der Waals surface area contributed by atoms with Crippen molar-refractivity contribution in [2.45, 2.75) is 6.61 Å². The summed E-state index contributed by atoms with van der Waals surface area (Å²) < 4.78 is 10.8. The number of carboxylic acids is 1. The number of rotatable bonds is 4. The number of aromatic nitrogens is 1. The number of carboxylic acid groups (broad SMARTS) is 1. The Hall–Kier alpha value is -1.82. The Bertz CT molecular complexity index is 521. The van der Waals surface area contributed by atoms with E-state index >= 15 is 0 Å². The highest BCUT2D eigenvalue weighted by Crippen LogP contribution is 2.15. The standard InChI is InChI=1S/C11H8BrNO4/c12-8-3-1-7(2-4-8)6-16-10-5-9(11(14)15)17-13-10/h1-5H,6H2,(H,14,15). The molecular formula is C11H8BrNO4. The van der Waals surface area contributed by atoms with Crippen molar-refractivity contribution in [3.05, 3.63) is 46.1 Å². The van der Waals surface area contributed by atoms with Crippen LogP contribution in [0.5, 0.6) is 5.88 Å². The van der Waals surface area contributed by atoms with Gasteiger partial charge in [0.1, 0.15) is 6.61 Å². The number of nitrogens with zero attached hydrogens (tertiary/aromatic N) is 1. The lowest BCUT2D eigenvalue weighted by Crippen LogP contribution is -1.95. The third-order valence-electron chi connectivity index (χ3n) is 2.00. The van der Waals surface area contributed by atoms with E-state index in [1.54, 1.807) is 0 Å². The van der Waals surface area contributed by atoms with Crippen molar-refractivity contribution in [3.63, 3.8) is 0 Å². The molecule has 2 rings (SSSR count). The molecule has 0 saturated carbocycles. The molecule has 88 valence electrons. The quantitative estimate of drug-likeness (QED) is 0.939. The Kier molecular flexibility index (Phi) is 3.43. The average molecular weight is 298 g/mol. The number of hydrogen-bond acceptors (Lipinski definition) is 4. The minimum Gasteiger partial charge on any atom is -0.475 e. The van der Waals surface area contributed by atoms with Crippen LogP contribution in [-0.4, -0.2) is 16.2 Å². The van der Waals surface area contributed by atoms with E-state index in [2.05, 4.69) is 25.6 Å². The second-order valence-electron chi connectivity index (χ2n) is 3.25. The van der Waals surface area contributed by atoms with Crippen molar-refractivity contribution in [2.75, 3.05) is 0 Å². The maximum absolute atomic E-state index is 10.5. The molecule has 5 nitrogen and oxygen atoms in total. The predicted molar refractivity (Wildman–Crippen MR) is 61.9 cm³/mol. The smallest absolute Gasteiger partial charge is 0.374 e. The summed E-state index contributed by atoms with van der Waals surface area (Å²) in [5, 5.41) is 12.1. The Morgan fingerprint density at radius 1 is 1.41 bits per heavy atom. The number of benzene rings is 1. The second-order valence-corrected chi connectivity index (χ2v) is 4.17. The maximum atomic E-state index is 10.5. The summed E-state index contributed by atoms with van der Waals surface area (Å²) in [4.78, 5) is 10.5. The third-order valence-corrected chi connectivity index (χ3v) is 2.53. The van der Waals surface area contributed by atoms with Gasteiger partial charge in [-0.15, -0.1) is 0 Å². The van der Waals surface area contributed by atoms with Gasteiger partial charge in [-0.25, -0.2) is 4.79 Å². The zero-order chi connectivity index (χ0) is 12.3. The van der Waals surface area contributed by atoms with E-state index in [0.717, 1.165) is 10.0 Å². The molecule has 1 aromatic carbocycles. The summed E-state index contributed by atoms with van der Waals surface area (Å²) in [7, 11) is 0. The van der Waals surface area contributed by atoms with Gasteiger partial charge in [0.2, 0.25) is 5.76 Å². The van der Waals surface area contributed by atoms with Gasteiger partial charge in [0.15, 0.2) is 0 Å². The molecule has 0 unspecified atom stereocenters. The van der Waals surface area contributed by atoms with Crippen LogP contribution in [-0.2, 0) is 6.61 Å². The Labute approximate surface area is 105 Å². The molecule has 1 aromatic heterocycles. The van der Waals surface area contributed by atoms with E-state index in [-0.39, 0.29) is 11.6 Å². The van der Waals surface area contributed by atoms with Crippen LogP contribution < -0.4 is 4.74 Å². The summed E-state index contributed by atoms with van der Waals surface area (Å²) in [6.07, 6.45) is 0. The zero-order valence-electron chi connectivity index (χ0n) is 8.59. The lowest BCUT2D eigenvalue weighted by Gasteiger charge is -2.01. The minimum absolute atomic E-state index is 0.158. The van der Waals surface area contributed by atoms with Crippen LogP contribution in [0.15, 0.2) is 39.3 Å². The summed E-state index contributed by atoms with van der Waals surface area (Å²) >= 11 is 3.33.